The number of ketones is 1. The highest BCUT2D eigenvalue weighted by molar-refractivity contribution is 5.81. The van der Waals surface area contributed by atoms with Crippen LogP contribution in [0.5, 0.6) is 0 Å². The first-order valence-corrected chi connectivity index (χ1v) is 9.25. The lowest BCUT2D eigenvalue weighted by molar-refractivity contribution is -0.118. The van der Waals surface area contributed by atoms with Crippen LogP contribution in [0.3, 0.4) is 0 Å². The second-order valence-corrected chi connectivity index (χ2v) is 7.04. The molecule has 0 radical (unpaired) electrons. The molecule has 1 aromatic heterocycles. The molecule has 26 heavy (non-hydrogen) atoms. The average Bonchev–Trinajstić information content (AvgIpc) is 2.63. The predicted molar refractivity (Wildman–Crippen MR) is 108 cm³/mol. The molecule has 0 amide bonds. The number of carbonyl (C=O) groups excluding carboxylic acids is 1. The number of hydrogen-bond donors (Lipinski definition) is 1. The van der Waals surface area contributed by atoms with Crippen LogP contribution in [0.15, 0.2) is 66.9 Å². The fourth-order valence-corrected chi connectivity index (χ4v) is 3.36. The van der Waals surface area contributed by atoms with Crippen molar-refractivity contribution in [2.24, 2.45) is 5.92 Å². The molecule has 1 N–H and O–H groups in total. The van der Waals surface area contributed by atoms with Crippen molar-refractivity contribution in [2.45, 2.75) is 39.0 Å². The Morgan fingerprint density at radius 3 is 2.85 bits per heavy atom. The van der Waals surface area contributed by atoms with Crippen LogP contribution in [0.1, 0.15) is 37.3 Å². The minimum absolute atomic E-state index is 0.285. The quantitative estimate of drug-likeness (QED) is 0.702. The molecule has 0 fully saturated rings. The summed E-state index contributed by atoms with van der Waals surface area (Å²) < 4.78 is 0. The first kappa shape index (κ1) is 18.1. The SMILES string of the molecule is C=CC1C=C(C)CC(=O)CCc2cccc(c2)Nc2cc(ccn2)CC1. The summed E-state index contributed by atoms with van der Waals surface area (Å²) in [7, 11) is 0. The van der Waals surface area contributed by atoms with Crippen LogP contribution in [0.4, 0.5) is 11.5 Å². The molecule has 0 aliphatic carbocycles. The van der Waals surface area contributed by atoms with Gasteiger partial charge in [-0.25, -0.2) is 4.98 Å². The molecule has 1 aliphatic heterocycles. The first-order valence-electron chi connectivity index (χ1n) is 9.25. The number of anilines is 2. The molecule has 1 aliphatic rings. The Bertz CT molecular complexity index is 822. The van der Waals surface area contributed by atoms with Gasteiger partial charge in [-0.3, -0.25) is 4.79 Å². The monoisotopic (exact) mass is 346 g/mol. The lowest BCUT2D eigenvalue weighted by Crippen LogP contribution is -2.04. The normalized spacial score (nSPS) is 18.6. The number of pyridine rings is 1. The fraction of sp³-hybridized carbons (Fsp3) is 0.304. The van der Waals surface area contributed by atoms with E-state index in [1.54, 1.807) is 0 Å². The molecule has 0 saturated carbocycles. The summed E-state index contributed by atoms with van der Waals surface area (Å²) in [6.45, 7) is 6.01. The van der Waals surface area contributed by atoms with Gasteiger partial charge >= 0.3 is 0 Å². The molecule has 3 rings (SSSR count). The summed E-state index contributed by atoms with van der Waals surface area (Å²) >= 11 is 0. The van der Waals surface area contributed by atoms with Crippen LogP contribution in [-0.2, 0) is 17.6 Å². The molecular formula is C23H26N2O. The van der Waals surface area contributed by atoms with Crippen LogP contribution < -0.4 is 5.32 Å². The third-order valence-electron chi connectivity index (χ3n) is 4.76. The summed E-state index contributed by atoms with van der Waals surface area (Å²) in [5, 5.41) is 3.38. The van der Waals surface area contributed by atoms with E-state index in [1.807, 2.05) is 31.3 Å². The van der Waals surface area contributed by atoms with Gasteiger partial charge in [-0.1, -0.05) is 29.9 Å². The maximum atomic E-state index is 12.3. The number of allylic oxidation sites excluding steroid dienone is 3. The van der Waals surface area contributed by atoms with Crippen molar-refractivity contribution in [1.29, 1.82) is 0 Å². The van der Waals surface area contributed by atoms with Crippen LogP contribution in [0.25, 0.3) is 0 Å². The smallest absolute Gasteiger partial charge is 0.137 e. The standard InChI is InChI=1S/C23H26N2O/c1-3-18-7-8-20-11-12-24-23(16-20)25-21-6-4-5-19(15-21)9-10-22(26)14-17(2)13-18/h3-6,11-13,15-16,18H,1,7-10,14H2,2H3,(H,24,25). The highest BCUT2D eigenvalue weighted by Crippen LogP contribution is 2.21. The van der Waals surface area contributed by atoms with Crippen molar-refractivity contribution in [1.82, 2.24) is 4.98 Å². The van der Waals surface area contributed by atoms with Crippen molar-refractivity contribution in [3.8, 4) is 0 Å². The zero-order valence-electron chi connectivity index (χ0n) is 15.4. The summed E-state index contributed by atoms with van der Waals surface area (Å²) in [4.78, 5) is 16.7. The number of aromatic nitrogens is 1. The van der Waals surface area contributed by atoms with Gasteiger partial charge in [0, 0.05) is 24.7 Å². The molecule has 3 nitrogen and oxygen atoms in total. The van der Waals surface area contributed by atoms with Gasteiger partial charge in [-0.15, -0.1) is 6.58 Å². The summed E-state index contributed by atoms with van der Waals surface area (Å²) in [6, 6.07) is 12.4. The van der Waals surface area contributed by atoms with Crippen LogP contribution in [-0.4, -0.2) is 10.8 Å². The van der Waals surface area contributed by atoms with Crippen molar-refractivity contribution >= 4 is 17.3 Å². The van der Waals surface area contributed by atoms with Crippen LogP contribution in [0.2, 0.25) is 0 Å². The Balaban J connectivity index is 1.89. The molecule has 134 valence electrons. The number of benzene rings is 1. The molecule has 2 aromatic rings. The Morgan fingerprint density at radius 1 is 1.15 bits per heavy atom. The van der Waals surface area contributed by atoms with Crippen molar-refractivity contribution in [3.05, 3.63) is 78.0 Å². The number of fused-ring (bicyclic) bond motifs is 4. The number of aryl methyl sites for hydroxylation is 2. The van der Waals surface area contributed by atoms with Crippen molar-refractivity contribution < 1.29 is 4.79 Å². The Kier molecular flexibility index (Phi) is 6.00. The summed E-state index contributed by atoms with van der Waals surface area (Å²) in [6.07, 6.45) is 9.82. The lowest BCUT2D eigenvalue weighted by atomic mass is 9.95. The fourth-order valence-electron chi connectivity index (χ4n) is 3.36. The third-order valence-corrected chi connectivity index (χ3v) is 4.76. The van der Waals surface area contributed by atoms with E-state index in [9.17, 15) is 4.79 Å². The molecule has 1 atom stereocenters. The van der Waals surface area contributed by atoms with Gasteiger partial charge in [0.05, 0.1) is 0 Å². The largest absolute Gasteiger partial charge is 0.340 e. The third kappa shape index (κ3) is 5.16. The second kappa shape index (κ2) is 8.61. The summed E-state index contributed by atoms with van der Waals surface area (Å²) in [5.41, 5.74) is 4.56. The zero-order chi connectivity index (χ0) is 18.4. The minimum atomic E-state index is 0.285. The number of rotatable bonds is 1. The maximum absolute atomic E-state index is 12.3. The van der Waals surface area contributed by atoms with E-state index in [-0.39, 0.29) is 5.92 Å². The number of carbonyl (C=O) groups is 1. The molecule has 3 heteroatoms. The average molecular weight is 346 g/mol. The predicted octanol–water partition coefficient (Wildman–Crippen LogP) is 5.41. The highest BCUT2D eigenvalue weighted by Gasteiger charge is 2.09. The molecule has 0 spiro atoms. The van der Waals surface area contributed by atoms with Crippen molar-refractivity contribution in [2.75, 3.05) is 5.32 Å². The maximum Gasteiger partial charge on any atom is 0.137 e. The van der Waals surface area contributed by atoms with Gasteiger partial charge < -0.3 is 5.32 Å². The second-order valence-electron chi connectivity index (χ2n) is 7.04. The van der Waals surface area contributed by atoms with Gasteiger partial charge in [0.25, 0.3) is 0 Å². The van der Waals surface area contributed by atoms with E-state index in [1.165, 1.54) is 5.56 Å². The van der Waals surface area contributed by atoms with E-state index < -0.39 is 0 Å². The number of nitrogens with one attached hydrogen (secondary N) is 1. The van der Waals surface area contributed by atoms with Crippen LogP contribution >= 0.6 is 0 Å². The number of Topliss-reactive ketones (excluding diaryl/α,β-unsaturated/α-hetero) is 1. The van der Waals surface area contributed by atoms with Gasteiger partial charge in [-0.05, 0) is 67.5 Å². The molecule has 4 bridgehead atoms. The van der Waals surface area contributed by atoms with Gasteiger partial charge in [-0.2, -0.15) is 0 Å². The lowest BCUT2D eigenvalue weighted by Gasteiger charge is -2.13. The minimum Gasteiger partial charge on any atom is -0.340 e. The highest BCUT2D eigenvalue weighted by atomic mass is 16.1. The van der Waals surface area contributed by atoms with E-state index >= 15 is 0 Å². The first-order chi connectivity index (χ1) is 12.6. The molecule has 1 aromatic carbocycles. The van der Waals surface area contributed by atoms with E-state index in [0.29, 0.717) is 18.6 Å². The Hall–Kier alpha value is -2.68. The molecular weight excluding hydrogens is 320 g/mol. The van der Waals surface area contributed by atoms with Gasteiger partial charge in [0.2, 0.25) is 0 Å². The zero-order valence-corrected chi connectivity index (χ0v) is 15.4. The number of nitrogens with zero attached hydrogens (tertiary/aromatic N) is 1. The molecule has 2 heterocycles. The Labute approximate surface area is 155 Å². The van der Waals surface area contributed by atoms with E-state index in [4.69, 9.17) is 0 Å². The van der Waals surface area contributed by atoms with E-state index in [0.717, 1.165) is 41.9 Å². The van der Waals surface area contributed by atoms with Crippen LogP contribution in [0, 0.1) is 5.92 Å². The van der Waals surface area contributed by atoms with Gasteiger partial charge in [0.1, 0.15) is 11.6 Å². The van der Waals surface area contributed by atoms with E-state index in [2.05, 4.69) is 47.2 Å². The van der Waals surface area contributed by atoms with Gasteiger partial charge in [0.15, 0.2) is 0 Å². The Morgan fingerprint density at radius 2 is 2.00 bits per heavy atom. The molecule has 1 unspecified atom stereocenters. The number of hydrogen-bond acceptors (Lipinski definition) is 3. The topological polar surface area (TPSA) is 42.0 Å². The molecule has 0 saturated heterocycles. The summed E-state index contributed by atoms with van der Waals surface area (Å²) in [5.74, 6) is 1.43. The van der Waals surface area contributed by atoms with Crippen molar-refractivity contribution in [3.63, 3.8) is 0 Å².